The number of carbonyl (C=O) groups is 6. The van der Waals surface area contributed by atoms with Crippen LogP contribution in [0.3, 0.4) is 0 Å². The summed E-state index contributed by atoms with van der Waals surface area (Å²) < 4.78 is 34.4. The number of ether oxygens (including phenoxy) is 6. The maximum Gasteiger partial charge on any atom is 0.408 e. The van der Waals surface area contributed by atoms with Gasteiger partial charge in [0, 0.05) is 21.2 Å². The van der Waals surface area contributed by atoms with Crippen molar-refractivity contribution in [3.8, 4) is 0 Å². The summed E-state index contributed by atoms with van der Waals surface area (Å²) in [7, 11) is 2.64. The second-order valence-corrected chi connectivity index (χ2v) is 35.0. The lowest BCUT2D eigenvalue weighted by Crippen LogP contribution is -2.52. The second-order valence-electron chi connectivity index (χ2n) is 29.4. The molecule has 0 aromatic heterocycles. The topological polar surface area (TPSA) is 200 Å². The van der Waals surface area contributed by atoms with Gasteiger partial charge in [0.15, 0.2) is 0 Å². The number of hydrogen-bond donors (Lipinski definition) is 3. The van der Waals surface area contributed by atoms with Gasteiger partial charge in [-0.05, 0) is 165 Å². The summed E-state index contributed by atoms with van der Waals surface area (Å²) in [6.45, 7) is 32.2. The van der Waals surface area contributed by atoms with Gasteiger partial charge in [-0.1, -0.05) is 152 Å². The van der Waals surface area contributed by atoms with E-state index in [2.05, 4.69) is 84.1 Å². The lowest BCUT2D eigenvalue weighted by molar-refractivity contribution is -0.161. The zero-order valence-electron chi connectivity index (χ0n) is 55.8. The Morgan fingerprint density at radius 2 is 0.854 bits per heavy atom. The van der Waals surface area contributed by atoms with Crippen molar-refractivity contribution in [2.45, 2.75) is 238 Å². The molecule has 3 saturated carbocycles. The van der Waals surface area contributed by atoms with Crippen molar-refractivity contribution in [1.82, 2.24) is 25.8 Å². The summed E-state index contributed by atoms with van der Waals surface area (Å²) in [6, 6.07) is 29.3. The first-order valence-corrected chi connectivity index (χ1v) is 35.7. The van der Waals surface area contributed by atoms with E-state index in [1.165, 1.54) is 21.5 Å². The Balaban J connectivity index is 0.000000217. The van der Waals surface area contributed by atoms with Gasteiger partial charge >= 0.3 is 24.0 Å². The summed E-state index contributed by atoms with van der Waals surface area (Å²) in [6.07, 6.45) is 5.02. The number of rotatable bonds is 20. The Bertz CT molecular complexity index is 2930. The second kappa shape index (κ2) is 29.1. The molecule has 492 valence electrons. The highest BCUT2D eigenvalue weighted by atomic mass is 28.3. The Hall–Kier alpha value is -5.92. The van der Waals surface area contributed by atoms with Crippen molar-refractivity contribution >= 4 is 65.4 Å². The first-order valence-electron chi connectivity index (χ1n) is 32.0. The summed E-state index contributed by atoms with van der Waals surface area (Å²) in [4.78, 5) is 80.7. The van der Waals surface area contributed by atoms with Crippen LogP contribution in [0.1, 0.15) is 153 Å². The normalized spacial score (nSPS) is 26.5. The van der Waals surface area contributed by atoms with Crippen LogP contribution in [0.5, 0.6) is 0 Å². The molecule has 4 aromatic carbocycles. The molecule has 5 fully saturated rings. The standard InChI is InChI=1S/2C27H36N2O4.C16H31NO4Si.CH4/c2*1-6-20-15-27(20,25(31)33-26(2,3)4)28-24(30)23-14-21(16-29(23)5)32-17-19-12-9-11-18-10-7-8-13-22(18)19;1-8-12-11-16(12,13(18)21-15(2,3)4)17-14(19)20-9-10-22(5,6)7;/h2*7-13,20-21,23H,6,14-17H2,1-5H3,(H,28,30);12H,8-11H2,1-7H3,(H,17,19);1H4/t20?,21-,23?,27+;20-,21+,23?,27+;;/m10../s1. The predicted octanol–water partition coefficient (Wildman–Crippen LogP) is 12.3. The molecule has 3 aliphatic carbocycles. The van der Waals surface area contributed by atoms with Gasteiger partial charge in [-0.3, -0.25) is 19.4 Å². The van der Waals surface area contributed by atoms with Crippen LogP contribution in [-0.2, 0) is 65.6 Å². The van der Waals surface area contributed by atoms with Crippen LogP contribution in [0.4, 0.5) is 4.79 Å². The summed E-state index contributed by atoms with van der Waals surface area (Å²) >= 11 is 0. The zero-order chi connectivity index (χ0) is 64.8. The first-order chi connectivity index (χ1) is 41.1. The number of likely N-dealkylation sites (N-methyl/N-ethyl adjacent to an activating group) is 2. The molecule has 3 amide bonds. The van der Waals surface area contributed by atoms with E-state index in [4.69, 9.17) is 28.4 Å². The number of hydrogen-bond acceptors (Lipinski definition) is 14. The fourth-order valence-corrected chi connectivity index (χ4v) is 12.9. The van der Waals surface area contributed by atoms with E-state index in [0.29, 0.717) is 65.0 Å². The van der Waals surface area contributed by atoms with Crippen molar-refractivity contribution in [2.75, 3.05) is 33.8 Å². The number of carbonyl (C=O) groups excluding carboxylic acids is 6. The van der Waals surface area contributed by atoms with E-state index >= 15 is 0 Å². The first kappa shape index (κ1) is 72.1. The van der Waals surface area contributed by atoms with E-state index in [1.54, 1.807) is 0 Å². The number of amides is 3. The fourth-order valence-electron chi connectivity index (χ4n) is 12.2. The molecular weight excluding hydrogens is 1140 g/mol. The molecule has 0 bridgehead atoms. The smallest absolute Gasteiger partial charge is 0.408 e. The molecule has 9 rings (SSSR count). The number of nitrogens with one attached hydrogen (secondary N) is 3. The van der Waals surface area contributed by atoms with E-state index in [0.717, 1.165) is 36.4 Å². The van der Waals surface area contributed by atoms with Gasteiger partial charge in [0.2, 0.25) is 11.8 Å². The van der Waals surface area contributed by atoms with E-state index in [1.807, 2.05) is 143 Å². The molecule has 5 aliphatic rings. The molecule has 4 aromatic rings. The fraction of sp³-hybridized carbons (Fsp3) is 0.634. The number of nitrogens with zero attached hydrogens (tertiary/aromatic N) is 2. The van der Waals surface area contributed by atoms with Crippen molar-refractivity contribution in [3.05, 3.63) is 96.1 Å². The summed E-state index contributed by atoms with van der Waals surface area (Å²) in [5, 5.41) is 13.7. The SMILES string of the molecule is C.CCC1CC1(NC(=O)OCC[Si](C)(C)C)C(=O)OC(C)(C)C.CCC1C[C@@]1(NC(=O)C1C[C@@H](OCc2cccc3ccccc23)CN1C)C(=O)OC(C)(C)C.CC[C@H]1C[C@]1(NC(=O)C1C[C@@H](OCc2cccc3ccccc23)CN1C)C(=O)OC(C)(C)C. The summed E-state index contributed by atoms with van der Waals surface area (Å²) in [5.41, 5.74) is -2.09. The van der Waals surface area contributed by atoms with Crippen molar-refractivity contribution in [1.29, 1.82) is 0 Å². The van der Waals surface area contributed by atoms with E-state index < -0.39 is 47.6 Å². The van der Waals surface area contributed by atoms with Crippen molar-refractivity contribution in [3.63, 3.8) is 0 Å². The highest BCUT2D eigenvalue weighted by molar-refractivity contribution is 6.76. The third-order valence-electron chi connectivity index (χ3n) is 17.5. The lowest BCUT2D eigenvalue weighted by Gasteiger charge is -2.27. The highest BCUT2D eigenvalue weighted by Gasteiger charge is 2.64. The number of likely N-dealkylation sites (tertiary alicyclic amines) is 2. The maximum absolute atomic E-state index is 13.2. The molecule has 0 spiro atoms. The number of benzene rings is 4. The van der Waals surface area contributed by atoms with E-state index in [9.17, 15) is 28.8 Å². The van der Waals surface area contributed by atoms with Crippen LogP contribution in [0.2, 0.25) is 25.7 Å². The van der Waals surface area contributed by atoms with Gasteiger partial charge in [0.1, 0.15) is 33.4 Å². The minimum atomic E-state index is -1.24. The van der Waals surface area contributed by atoms with Gasteiger partial charge in [0.05, 0.1) is 44.1 Å². The van der Waals surface area contributed by atoms with Crippen molar-refractivity contribution < 1.29 is 57.2 Å². The van der Waals surface area contributed by atoms with Gasteiger partial charge in [-0.15, -0.1) is 0 Å². The predicted molar refractivity (Wildman–Crippen MR) is 354 cm³/mol. The Kier molecular flexibility index (Phi) is 23.6. The molecule has 0 radical (unpaired) electrons. The van der Waals surface area contributed by atoms with Crippen LogP contribution in [-0.4, -0.2) is 145 Å². The van der Waals surface area contributed by atoms with Gasteiger partial charge < -0.3 is 44.4 Å². The van der Waals surface area contributed by atoms with Crippen LogP contribution in [0.25, 0.3) is 21.5 Å². The van der Waals surface area contributed by atoms with E-state index in [-0.39, 0.29) is 79.2 Å². The Morgan fingerprint density at radius 3 is 1.18 bits per heavy atom. The van der Waals surface area contributed by atoms with Gasteiger partial charge in [-0.25, -0.2) is 19.2 Å². The molecule has 5 unspecified atom stereocenters. The minimum Gasteiger partial charge on any atom is -0.458 e. The lowest BCUT2D eigenvalue weighted by atomic mass is 10.1. The van der Waals surface area contributed by atoms with Crippen LogP contribution in [0.15, 0.2) is 84.9 Å². The van der Waals surface area contributed by atoms with Crippen molar-refractivity contribution in [2.24, 2.45) is 17.8 Å². The Morgan fingerprint density at radius 1 is 0.517 bits per heavy atom. The van der Waals surface area contributed by atoms with Gasteiger partial charge in [0.25, 0.3) is 0 Å². The van der Waals surface area contributed by atoms with Crippen LogP contribution in [0, 0.1) is 17.8 Å². The molecule has 2 saturated heterocycles. The average Bonchev–Trinajstić information content (AvgIpc) is 1.63. The number of fused-ring (bicyclic) bond motifs is 2. The minimum absolute atomic E-state index is 0. The molecule has 89 heavy (non-hydrogen) atoms. The third kappa shape index (κ3) is 19.1. The zero-order valence-corrected chi connectivity index (χ0v) is 56.8. The van der Waals surface area contributed by atoms with Crippen LogP contribution >= 0.6 is 0 Å². The highest BCUT2D eigenvalue weighted by Crippen LogP contribution is 2.50. The molecule has 2 heterocycles. The van der Waals surface area contributed by atoms with Crippen LogP contribution < -0.4 is 16.0 Å². The monoisotopic (exact) mass is 1250 g/mol. The molecule has 2 aliphatic heterocycles. The molecule has 18 heteroatoms. The maximum atomic E-state index is 13.2. The molecule has 3 N–H and O–H groups in total. The average molecular weight is 1250 g/mol. The molecular formula is C71H107N5O12Si. The number of alkyl carbamates (subject to hydrolysis) is 1. The number of esters is 3. The largest absolute Gasteiger partial charge is 0.458 e. The summed E-state index contributed by atoms with van der Waals surface area (Å²) in [5.74, 6) is -0.839. The quantitative estimate of drug-likeness (QED) is 0.0429. The Labute approximate surface area is 532 Å². The third-order valence-corrected chi connectivity index (χ3v) is 19.2. The molecule has 17 nitrogen and oxygen atoms in total. The van der Waals surface area contributed by atoms with Gasteiger partial charge in [-0.2, -0.15) is 0 Å². The molecule has 10 atom stereocenters.